The third-order valence-electron chi connectivity index (χ3n) is 6.30. The lowest BCUT2D eigenvalue weighted by Gasteiger charge is -2.22. The van der Waals surface area contributed by atoms with E-state index in [2.05, 4.69) is 36.6 Å². The van der Waals surface area contributed by atoms with E-state index in [1.165, 1.54) is 11.8 Å². The van der Waals surface area contributed by atoms with Crippen LogP contribution in [0.25, 0.3) is 18.2 Å². The average Bonchev–Trinajstić information content (AvgIpc) is 3.39. The van der Waals surface area contributed by atoms with Crippen LogP contribution >= 0.6 is 23.1 Å². The first-order valence-corrected chi connectivity index (χ1v) is 15.5. The molecule has 1 heterocycles. The summed E-state index contributed by atoms with van der Waals surface area (Å²) in [7, 11) is 0. The molecule has 0 aliphatic carbocycles. The van der Waals surface area contributed by atoms with Gasteiger partial charge in [-0.25, -0.2) is 0 Å². The van der Waals surface area contributed by atoms with Crippen LogP contribution in [0, 0.1) is 11.8 Å². The number of thioether (sulfide) groups is 1. The van der Waals surface area contributed by atoms with Crippen LogP contribution in [0.15, 0.2) is 88.7 Å². The molecular weight excluding hydrogens is 563 g/mol. The summed E-state index contributed by atoms with van der Waals surface area (Å²) in [6, 6.07) is 19.9. The molecule has 0 aliphatic heterocycles. The number of nitrogens with zero attached hydrogens (tertiary/aromatic N) is 1. The molecular formula is C35H39NO4S2. The van der Waals surface area contributed by atoms with Crippen LogP contribution in [0.2, 0.25) is 0 Å². The van der Waals surface area contributed by atoms with Gasteiger partial charge in [0, 0.05) is 52.2 Å². The molecule has 3 rings (SSSR count). The molecule has 2 aromatic carbocycles. The fraction of sp³-hybridized carbons (Fsp3) is 0.257. The Balaban J connectivity index is 1.73. The quantitative estimate of drug-likeness (QED) is 0.122. The van der Waals surface area contributed by atoms with E-state index in [1.54, 1.807) is 11.3 Å². The highest BCUT2D eigenvalue weighted by Crippen LogP contribution is 2.31. The molecule has 5 nitrogen and oxygen atoms in total. The van der Waals surface area contributed by atoms with Crippen LogP contribution in [-0.2, 0) is 6.42 Å². The van der Waals surface area contributed by atoms with Crippen molar-refractivity contribution in [3.05, 3.63) is 115 Å². The van der Waals surface area contributed by atoms with E-state index in [0.717, 1.165) is 47.5 Å². The first-order valence-electron chi connectivity index (χ1n) is 13.9. The van der Waals surface area contributed by atoms with Gasteiger partial charge in [0.25, 0.3) is 0 Å². The molecule has 42 heavy (non-hydrogen) atoms. The summed E-state index contributed by atoms with van der Waals surface area (Å²) in [5, 5.41) is 37.7. The lowest BCUT2D eigenvalue weighted by Crippen LogP contribution is -2.29. The molecule has 7 heteroatoms. The van der Waals surface area contributed by atoms with Crippen LogP contribution in [0.4, 0.5) is 5.69 Å². The Labute approximate surface area is 257 Å². The Kier molecular flexibility index (Phi) is 14.4. The monoisotopic (exact) mass is 601 g/mol. The predicted octanol–water partition coefficient (Wildman–Crippen LogP) is 6.21. The van der Waals surface area contributed by atoms with E-state index >= 15 is 0 Å². The normalized spacial score (nSPS) is 11.9. The van der Waals surface area contributed by atoms with Crippen LogP contribution in [0.1, 0.15) is 39.8 Å². The van der Waals surface area contributed by atoms with Crippen LogP contribution in [0.5, 0.6) is 0 Å². The van der Waals surface area contributed by atoms with Gasteiger partial charge in [0.05, 0.1) is 18.1 Å². The molecule has 0 saturated heterocycles. The van der Waals surface area contributed by atoms with E-state index in [0.29, 0.717) is 25.9 Å². The number of hydrogen-bond acceptors (Lipinski definition) is 7. The number of aliphatic hydroxyl groups is 4. The van der Waals surface area contributed by atoms with Gasteiger partial charge in [-0.3, -0.25) is 0 Å². The van der Waals surface area contributed by atoms with Crippen molar-refractivity contribution in [2.24, 2.45) is 0 Å². The fourth-order valence-electron chi connectivity index (χ4n) is 4.07. The van der Waals surface area contributed by atoms with Crippen LogP contribution in [0.3, 0.4) is 0 Å². The Bertz CT molecular complexity index is 1420. The minimum Gasteiger partial charge on any atom is -0.396 e. The Morgan fingerprint density at radius 2 is 1.62 bits per heavy atom. The van der Waals surface area contributed by atoms with Gasteiger partial charge in [0.15, 0.2) is 0 Å². The van der Waals surface area contributed by atoms with Gasteiger partial charge in [-0.05, 0) is 85.0 Å². The number of benzene rings is 2. The van der Waals surface area contributed by atoms with Gasteiger partial charge in [-0.2, -0.15) is 0 Å². The minimum atomic E-state index is 0.0304. The maximum atomic E-state index is 9.63. The van der Waals surface area contributed by atoms with E-state index in [1.807, 2.05) is 78.6 Å². The summed E-state index contributed by atoms with van der Waals surface area (Å²) in [6.45, 7) is 7.36. The molecule has 0 spiro atoms. The SMILES string of the molecule is C=C(/C=C/c1sc(/C=C/c2ccc(N(CCO)CCO)cc2)cc1CCO)S/C(C#Cc1ccccc1)=C(\C)CCO. The maximum absolute atomic E-state index is 9.63. The van der Waals surface area contributed by atoms with Gasteiger partial charge in [-0.1, -0.05) is 66.6 Å². The number of aliphatic hydroxyl groups excluding tert-OH is 4. The largest absolute Gasteiger partial charge is 0.396 e. The summed E-state index contributed by atoms with van der Waals surface area (Å²) >= 11 is 3.15. The van der Waals surface area contributed by atoms with E-state index in [-0.39, 0.29) is 26.4 Å². The van der Waals surface area contributed by atoms with E-state index < -0.39 is 0 Å². The highest BCUT2D eigenvalue weighted by molar-refractivity contribution is 8.07. The van der Waals surface area contributed by atoms with Gasteiger partial charge in [-0.15, -0.1) is 11.3 Å². The zero-order valence-electron chi connectivity index (χ0n) is 24.0. The third-order valence-corrected chi connectivity index (χ3v) is 8.46. The van der Waals surface area contributed by atoms with Crippen LogP contribution in [-0.4, -0.2) is 59.9 Å². The number of rotatable bonds is 15. The minimum absolute atomic E-state index is 0.0304. The molecule has 220 valence electrons. The standard InChI is InChI=1S/C35H39NO4S2/c1-27(18-22-37)34(17-12-29-6-4-3-5-7-29)41-28(2)8-16-35-31(19-23-38)26-33(42-35)15-11-30-9-13-32(14-10-30)36(20-24-39)21-25-40/h3-11,13-16,26,37-40H,2,18-25H2,1H3/b15-11+,16-8+,34-27+. The maximum Gasteiger partial charge on any atom is 0.0615 e. The van der Waals surface area contributed by atoms with Gasteiger partial charge >= 0.3 is 0 Å². The summed E-state index contributed by atoms with van der Waals surface area (Å²) in [6.07, 6.45) is 9.25. The Hall–Kier alpha value is -3.35. The van der Waals surface area contributed by atoms with Crippen molar-refractivity contribution < 1.29 is 20.4 Å². The molecule has 0 unspecified atom stereocenters. The zero-order chi connectivity index (χ0) is 30.2. The fourth-order valence-corrected chi connectivity index (χ4v) is 5.87. The van der Waals surface area contributed by atoms with Crippen molar-refractivity contribution in [2.45, 2.75) is 19.8 Å². The average molecular weight is 602 g/mol. The second-order valence-electron chi connectivity index (χ2n) is 9.47. The number of hydrogen-bond donors (Lipinski definition) is 4. The van der Waals surface area contributed by atoms with E-state index in [9.17, 15) is 20.4 Å². The molecule has 0 aliphatic rings. The van der Waals surface area contributed by atoms with Gasteiger partial charge < -0.3 is 25.3 Å². The van der Waals surface area contributed by atoms with Crippen LogP contribution < -0.4 is 4.90 Å². The van der Waals surface area contributed by atoms with Gasteiger partial charge in [0.2, 0.25) is 0 Å². The Morgan fingerprint density at radius 3 is 2.26 bits per heavy atom. The highest BCUT2D eigenvalue weighted by Gasteiger charge is 2.08. The van der Waals surface area contributed by atoms with Crippen molar-refractivity contribution in [1.82, 2.24) is 0 Å². The molecule has 1 aromatic heterocycles. The summed E-state index contributed by atoms with van der Waals surface area (Å²) in [4.78, 5) is 5.81. The van der Waals surface area contributed by atoms with Crippen molar-refractivity contribution >= 4 is 47.0 Å². The van der Waals surface area contributed by atoms with Crippen molar-refractivity contribution in [1.29, 1.82) is 0 Å². The number of allylic oxidation sites excluding steroid dienone is 2. The molecule has 3 aromatic rings. The number of anilines is 1. The molecule has 0 atom stereocenters. The molecule has 0 saturated carbocycles. The molecule has 4 N–H and O–H groups in total. The first kappa shape index (κ1) is 33.2. The first-order chi connectivity index (χ1) is 20.5. The molecule has 0 fully saturated rings. The molecule has 0 bridgehead atoms. The Morgan fingerprint density at radius 1 is 0.905 bits per heavy atom. The topological polar surface area (TPSA) is 84.2 Å². The second-order valence-corrected chi connectivity index (χ2v) is 11.7. The third kappa shape index (κ3) is 10.8. The molecule has 0 amide bonds. The van der Waals surface area contributed by atoms with Crippen molar-refractivity contribution in [3.8, 4) is 11.8 Å². The lowest BCUT2D eigenvalue weighted by molar-refractivity contribution is 0.281. The van der Waals surface area contributed by atoms with Crippen molar-refractivity contribution in [3.63, 3.8) is 0 Å². The van der Waals surface area contributed by atoms with Crippen molar-refractivity contribution in [2.75, 3.05) is 44.4 Å². The van der Waals surface area contributed by atoms with E-state index in [4.69, 9.17) is 0 Å². The zero-order valence-corrected chi connectivity index (χ0v) is 25.6. The smallest absolute Gasteiger partial charge is 0.0615 e. The molecule has 0 radical (unpaired) electrons. The highest BCUT2D eigenvalue weighted by atomic mass is 32.2. The number of thiophene rings is 1. The predicted molar refractivity (Wildman–Crippen MR) is 180 cm³/mol. The van der Waals surface area contributed by atoms with Gasteiger partial charge in [0.1, 0.15) is 0 Å². The lowest BCUT2D eigenvalue weighted by atomic mass is 10.1. The summed E-state index contributed by atoms with van der Waals surface area (Å²) in [5.41, 5.74) is 5.03. The summed E-state index contributed by atoms with van der Waals surface area (Å²) < 4.78 is 0. The summed E-state index contributed by atoms with van der Waals surface area (Å²) in [5.74, 6) is 6.47. The second kappa shape index (κ2) is 18.2.